The lowest BCUT2D eigenvalue weighted by Gasteiger charge is -2.31. The molecule has 1 aliphatic rings. The Morgan fingerprint density at radius 2 is 1.33 bits per heavy atom. The number of nitrogens with two attached hydrogens (primary N) is 1. The van der Waals surface area contributed by atoms with Crippen LogP contribution in [0.2, 0.25) is 0 Å². The van der Waals surface area contributed by atoms with Crippen LogP contribution in [0.3, 0.4) is 0 Å². The van der Waals surface area contributed by atoms with Gasteiger partial charge in [-0.3, -0.25) is 0 Å². The maximum Gasteiger partial charge on any atom is 0.139 e. The van der Waals surface area contributed by atoms with Gasteiger partial charge in [0.15, 0.2) is 0 Å². The van der Waals surface area contributed by atoms with Crippen molar-refractivity contribution in [3.63, 3.8) is 0 Å². The Hall–Kier alpha value is -2.62. The number of rotatable bonds is 6. The third-order valence-corrected chi connectivity index (χ3v) is 5.34. The summed E-state index contributed by atoms with van der Waals surface area (Å²) in [5, 5.41) is 2.42. The van der Waals surface area contributed by atoms with Crippen LogP contribution in [-0.4, -0.2) is 26.2 Å². The molecule has 1 heterocycles. The Morgan fingerprint density at radius 1 is 0.741 bits per heavy atom. The fourth-order valence-corrected chi connectivity index (χ4v) is 3.94. The van der Waals surface area contributed by atoms with Crippen LogP contribution in [0.15, 0.2) is 84.9 Å². The van der Waals surface area contributed by atoms with Gasteiger partial charge in [0.05, 0.1) is 0 Å². The summed E-state index contributed by atoms with van der Waals surface area (Å²) in [6.07, 6.45) is 0. The van der Waals surface area contributed by atoms with E-state index in [-0.39, 0.29) is 0 Å². The fourth-order valence-electron chi connectivity index (χ4n) is 3.94. The van der Waals surface area contributed by atoms with Crippen molar-refractivity contribution < 1.29 is 15.0 Å². The largest absolute Gasteiger partial charge is 0.489 e. The molecule has 3 heteroatoms. The van der Waals surface area contributed by atoms with Gasteiger partial charge in [0.2, 0.25) is 0 Å². The Bertz CT molecular complexity index is 812. The van der Waals surface area contributed by atoms with Crippen molar-refractivity contribution in [3.8, 4) is 5.75 Å². The van der Waals surface area contributed by atoms with Gasteiger partial charge >= 0.3 is 0 Å². The molecule has 1 aliphatic heterocycles. The molecule has 138 valence electrons. The minimum Gasteiger partial charge on any atom is -0.489 e. The van der Waals surface area contributed by atoms with E-state index in [9.17, 15) is 0 Å². The molecule has 3 N–H and O–H groups in total. The molecule has 0 aliphatic carbocycles. The first kappa shape index (κ1) is 17.8. The Labute approximate surface area is 161 Å². The van der Waals surface area contributed by atoms with Crippen LogP contribution < -0.4 is 15.0 Å². The smallest absolute Gasteiger partial charge is 0.139 e. The Kier molecular flexibility index (Phi) is 5.83. The molecule has 0 aromatic heterocycles. The number of benzene rings is 3. The molecule has 0 spiro atoms. The Balaban J connectivity index is 1.51. The minimum atomic E-state index is 0.392. The van der Waals surface area contributed by atoms with Gasteiger partial charge in [-0.2, -0.15) is 0 Å². The van der Waals surface area contributed by atoms with Crippen LogP contribution in [-0.2, 0) is 6.61 Å². The highest BCUT2D eigenvalue weighted by molar-refractivity contribution is 5.34. The molecule has 3 nitrogen and oxygen atoms in total. The zero-order valence-electron chi connectivity index (χ0n) is 15.7. The predicted molar refractivity (Wildman–Crippen MR) is 108 cm³/mol. The number of ether oxygens (including phenoxy) is 1. The summed E-state index contributed by atoms with van der Waals surface area (Å²) < 4.78 is 5.97. The average molecular weight is 361 g/mol. The monoisotopic (exact) mass is 360 g/mol. The van der Waals surface area contributed by atoms with Crippen molar-refractivity contribution >= 4 is 0 Å². The molecule has 3 aromatic rings. The van der Waals surface area contributed by atoms with Crippen molar-refractivity contribution in [2.45, 2.75) is 12.6 Å². The van der Waals surface area contributed by atoms with Crippen molar-refractivity contribution in [1.29, 1.82) is 0 Å². The third kappa shape index (κ3) is 4.57. The lowest BCUT2D eigenvalue weighted by Crippen LogP contribution is -3.20. The van der Waals surface area contributed by atoms with Gasteiger partial charge in [0.1, 0.15) is 44.6 Å². The molecule has 0 radical (unpaired) electrons. The first-order valence-electron chi connectivity index (χ1n) is 9.88. The van der Waals surface area contributed by atoms with Gasteiger partial charge in [-0.1, -0.05) is 60.7 Å². The molecule has 27 heavy (non-hydrogen) atoms. The molecule has 0 unspecified atom stereocenters. The molecule has 1 atom stereocenters. The van der Waals surface area contributed by atoms with Crippen LogP contribution in [0.4, 0.5) is 0 Å². The van der Waals surface area contributed by atoms with E-state index in [1.165, 1.54) is 42.9 Å². The molecule has 0 saturated carbocycles. The second-order valence-corrected chi connectivity index (χ2v) is 7.21. The van der Waals surface area contributed by atoms with Crippen LogP contribution >= 0.6 is 0 Å². The van der Waals surface area contributed by atoms with E-state index in [1.54, 1.807) is 4.90 Å². The van der Waals surface area contributed by atoms with Gasteiger partial charge in [-0.25, -0.2) is 0 Å². The maximum absolute atomic E-state index is 5.97. The standard InChI is InChI=1S/C24H26N2O/c1-3-7-20(8-4-1)19-27-23-13-11-22(12-14-23)24(21-9-5-2-6-10-21)26-17-15-25-16-18-26/h1-14,24-25H,15-19H2/p+2/t24-/m1/s1. The topological polar surface area (TPSA) is 30.3 Å². The van der Waals surface area contributed by atoms with Crippen molar-refractivity contribution in [2.24, 2.45) is 0 Å². The molecule has 0 amide bonds. The van der Waals surface area contributed by atoms with Gasteiger partial charge in [0, 0.05) is 11.1 Å². The number of hydrogen-bond acceptors (Lipinski definition) is 1. The maximum atomic E-state index is 5.97. The number of hydrogen-bond donors (Lipinski definition) is 2. The van der Waals surface area contributed by atoms with Gasteiger partial charge < -0.3 is 15.0 Å². The minimum absolute atomic E-state index is 0.392. The van der Waals surface area contributed by atoms with Crippen molar-refractivity contribution in [2.75, 3.05) is 26.2 Å². The summed E-state index contributed by atoms with van der Waals surface area (Å²) in [6.45, 7) is 5.42. The molecule has 1 fully saturated rings. The van der Waals surface area contributed by atoms with E-state index in [0.717, 1.165) is 5.75 Å². The number of nitrogens with one attached hydrogen (secondary N) is 1. The van der Waals surface area contributed by atoms with Gasteiger partial charge in [0.25, 0.3) is 0 Å². The molecule has 1 saturated heterocycles. The summed E-state index contributed by atoms with van der Waals surface area (Å²) in [7, 11) is 0. The Morgan fingerprint density at radius 3 is 2.00 bits per heavy atom. The van der Waals surface area contributed by atoms with E-state index in [4.69, 9.17) is 4.74 Å². The number of quaternary nitrogens is 2. The molecule has 0 bridgehead atoms. The highest BCUT2D eigenvalue weighted by Gasteiger charge is 2.28. The highest BCUT2D eigenvalue weighted by Crippen LogP contribution is 2.22. The predicted octanol–water partition coefficient (Wildman–Crippen LogP) is 1.82. The summed E-state index contributed by atoms with van der Waals surface area (Å²) in [6, 6.07) is 30.3. The van der Waals surface area contributed by atoms with E-state index >= 15 is 0 Å². The summed E-state index contributed by atoms with van der Waals surface area (Å²) >= 11 is 0. The van der Waals surface area contributed by atoms with E-state index in [2.05, 4.69) is 72.0 Å². The number of piperazine rings is 1. The van der Waals surface area contributed by atoms with Crippen molar-refractivity contribution in [3.05, 3.63) is 102 Å². The first-order valence-corrected chi connectivity index (χ1v) is 9.88. The molecular formula is C24H28N2O+2. The van der Waals surface area contributed by atoms with Gasteiger partial charge in [-0.15, -0.1) is 0 Å². The van der Waals surface area contributed by atoms with Crippen LogP contribution in [0, 0.1) is 0 Å². The molecule has 4 rings (SSSR count). The second kappa shape index (κ2) is 8.85. The van der Waals surface area contributed by atoms with Crippen molar-refractivity contribution in [1.82, 2.24) is 0 Å². The normalized spacial score (nSPS) is 16.0. The second-order valence-electron chi connectivity index (χ2n) is 7.21. The first-order chi connectivity index (χ1) is 13.4. The summed E-state index contributed by atoms with van der Waals surface area (Å²) in [5.41, 5.74) is 3.95. The van der Waals surface area contributed by atoms with E-state index < -0.39 is 0 Å². The van der Waals surface area contributed by atoms with Crippen LogP contribution in [0.1, 0.15) is 22.7 Å². The SMILES string of the molecule is c1ccc(COc2ccc([C@@H](c3ccccc3)[NH+]3CC[NH2+]CC3)cc2)cc1. The lowest BCUT2D eigenvalue weighted by atomic mass is 9.96. The van der Waals surface area contributed by atoms with E-state index in [1.807, 2.05) is 18.2 Å². The van der Waals surface area contributed by atoms with E-state index in [0.29, 0.717) is 12.6 Å². The zero-order chi connectivity index (χ0) is 18.3. The van der Waals surface area contributed by atoms with Crippen LogP contribution in [0.5, 0.6) is 5.75 Å². The summed E-state index contributed by atoms with van der Waals surface area (Å²) in [4.78, 5) is 1.65. The molecule has 3 aromatic carbocycles. The average Bonchev–Trinajstić information content (AvgIpc) is 2.76. The van der Waals surface area contributed by atoms with Crippen LogP contribution in [0.25, 0.3) is 0 Å². The fraction of sp³-hybridized carbons (Fsp3) is 0.250. The molecular weight excluding hydrogens is 332 g/mol. The van der Waals surface area contributed by atoms with Gasteiger partial charge in [-0.05, 0) is 29.8 Å². The summed E-state index contributed by atoms with van der Waals surface area (Å²) in [5.74, 6) is 0.927. The quantitative estimate of drug-likeness (QED) is 0.690. The third-order valence-electron chi connectivity index (χ3n) is 5.34. The lowest BCUT2D eigenvalue weighted by molar-refractivity contribution is -0.967. The zero-order valence-corrected chi connectivity index (χ0v) is 15.7. The highest BCUT2D eigenvalue weighted by atomic mass is 16.5.